The standard InChI is InChI=1S/C14H22N2OS/c1-11-6-5-7-13(12(11)2)17-10-14(18)15-8-9-16(3)4/h5-7H,8-10H2,1-4H3,(H,15,18). The first-order valence-corrected chi connectivity index (χ1v) is 6.52. The van der Waals surface area contributed by atoms with Gasteiger partial charge in [0.2, 0.25) is 0 Å². The quantitative estimate of drug-likeness (QED) is 0.798. The summed E-state index contributed by atoms with van der Waals surface area (Å²) >= 11 is 5.23. The van der Waals surface area contributed by atoms with Gasteiger partial charge in [0.05, 0.1) is 0 Å². The molecule has 0 aliphatic heterocycles. The second-order valence-corrected chi connectivity index (χ2v) is 5.13. The minimum absolute atomic E-state index is 0.438. The highest BCUT2D eigenvalue weighted by Gasteiger charge is 2.03. The lowest BCUT2D eigenvalue weighted by Crippen LogP contribution is -2.33. The van der Waals surface area contributed by atoms with Gasteiger partial charge in [-0.3, -0.25) is 0 Å². The number of likely N-dealkylation sites (N-methyl/N-ethyl adjacent to an activating group) is 1. The fourth-order valence-electron chi connectivity index (χ4n) is 1.49. The molecule has 0 saturated carbocycles. The third kappa shape index (κ3) is 5.02. The predicted octanol–water partition coefficient (Wildman–Crippen LogP) is 2.16. The number of hydrogen-bond acceptors (Lipinski definition) is 3. The Kier molecular flexibility index (Phi) is 6.09. The number of thiocarbonyl (C=S) groups is 1. The van der Waals surface area contributed by atoms with E-state index in [1.807, 2.05) is 26.2 Å². The van der Waals surface area contributed by atoms with Crippen LogP contribution in [0.15, 0.2) is 18.2 Å². The third-order valence-corrected chi connectivity index (χ3v) is 3.06. The lowest BCUT2D eigenvalue weighted by Gasteiger charge is -2.14. The molecular formula is C14H22N2OS. The minimum Gasteiger partial charge on any atom is -0.486 e. The van der Waals surface area contributed by atoms with E-state index in [0.29, 0.717) is 6.61 Å². The Balaban J connectivity index is 2.36. The Morgan fingerprint density at radius 2 is 2.06 bits per heavy atom. The molecule has 0 fully saturated rings. The third-order valence-electron chi connectivity index (χ3n) is 2.79. The summed E-state index contributed by atoms with van der Waals surface area (Å²) in [5, 5.41) is 3.18. The smallest absolute Gasteiger partial charge is 0.138 e. The molecule has 0 unspecified atom stereocenters. The highest BCUT2D eigenvalue weighted by molar-refractivity contribution is 7.80. The van der Waals surface area contributed by atoms with Crippen molar-refractivity contribution in [3.63, 3.8) is 0 Å². The molecule has 0 spiro atoms. The zero-order valence-corrected chi connectivity index (χ0v) is 12.4. The second-order valence-electron chi connectivity index (χ2n) is 4.64. The normalized spacial score (nSPS) is 10.5. The van der Waals surface area contributed by atoms with Crippen molar-refractivity contribution in [2.75, 3.05) is 33.8 Å². The van der Waals surface area contributed by atoms with Gasteiger partial charge in [-0.25, -0.2) is 0 Å². The van der Waals surface area contributed by atoms with E-state index in [1.165, 1.54) is 11.1 Å². The summed E-state index contributed by atoms with van der Waals surface area (Å²) in [5.41, 5.74) is 2.41. The van der Waals surface area contributed by atoms with E-state index in [-0.39, 0.29) is 0 Å². The van der Waals surface area contributed by atoms with Crippen molar-refractivity contribution in [3.8, 4) is 5.75 Å². The highest BCUT2D eigenvalue weighted by atomic mass is 32.1. The molecule has 0 aliphatic carbocycles. The van der Waals surface area contributed by atoms with Crippen LogP contribution in [0.25, 0.3) is 0 Å². The topological polar surface area (TPSA) is 24.5 Å². The molecule has 0 bridgehead atoms. The zero-order chi connectivity index (χ0) is 13.5. The largest absolute Gasteiger partial charge is 0.486 e. The molecule has 0 aromatic heterocycles. The second kappa shape index (κ2) is 7.34. The van der Waals surface area contributed by atoms with Gasteiger partial charge in [-0.15, -0.1) is 0 Å². The molecule has 0 atom stereocenters. The Hall–Kier alpha value is -1.13. The van der Waals surface area contributed by atoms with Crippen molar-refractivity contribution in [2.45, 2.75) is 13.8 Å². The summed E-state index contributed by atoms with van der Waals surface area (Å²) in [5.74, 6) is 0.909. The molecular weight excluding hydrogens is 244 g/mol. The SMILES string of the molecule is Cc1cccc(OCC(=S)NCCN(C)C)c1C. The summed E-state index contributed by atoms with van der Waals surface area (Å²) in [7, 11) is 4.08. The molecule has 1 N–H and O–H groups in total. The van der Waals surface area contributed by atoms with Crippen LogP contribution in [-0.4, -0.2) is 43.7 Å². The van der Waals surface area contributed by atoms with Crippen LogP contribution in [0.2, 0.25) is 0 Å². The molecule has 0 heterocycles. The predicted molar refractivity (Wildman–Crippen MR) is 80.6 cm³/mol. The fourth-order valence-corrected chi connectivity index (χ4v) is 1.65. The molecule has 1 rings (SSSR count). The van der Waals surface area contributed by atoms with E-state index in [4.69, 9.17) is 17.0 Å². The van der Waals surface area contributed by atoms with Crippen molar-refractivity contribution < 1.29 is 4.74 Å². The Morgan fingerprint density at radius 3 is 2.72 bits per heavy atom. The van der Waals surface area contributed by atoms with Gasteiger partial charge < -0.3 is 15.0 Å². The summed E-state index contributed by atoms with van der Waals surface area (Å²) < 4.78 is 5.72. The number of nitrogens with one attached hydrogen (secondary N) is 1. The van der Waals surface area contributed by atoms with Crippen molar-refractivity contribution in [1.29, 1.82) is 0 Å². The number of hydrogen-bond donors (Lipinski definition) is 1. The van der Waals surface area contributed by atoms with Gasteiger partial charge in [-0.1, -0.05) is 24.4 Å². The monoisotopic (exact) mass is 266 g/mol. The Bertz CT molecular complexity index is 405. The highest BCUT2D eigenvalue weighted by Crippen LogP contribution is 2.20. The average Bonchev–Trinajstić information content (AvgIpc) is 2.30. The van der Waals surface area contributed by atoms with Crippen molar-refractivity contribution in [1.82, 2.24) is 10.2 Å². The van der Waals surface area contributed by atoms with Crippen LogP contribution in [0, 0.1) is 13.8 Å². The van der Waals surface area contributed by atoms with Crippen molar-refractivity contribution in [2.24, 2.45) is 0 Å². The number of nitrogens with zero attached hydrogens (tertiary/aromatic N) is 1. The maximum Gasteiger partial charge on any atom is 0.138 e. The minimum atomic E-state index is 0.438. The molecule has 1 aromatic carbocycles. The van der Waals surface area contributed by atoms with Crippen LogP contribution in [-0.2, 0) is 0 Å². The maximum absolute atomic E-state index is 5.72. The van der Waals surface area contributed by atoms with Crippen LogP contribution in [0.4, 0.5) is 0 Å². The lowest BCUT2D eigenvalue weighted by atomic mass is 10.1. The van der Waals surface area contributed by atoms with Crippen LogP contribution in [0.1, 0.15) is 11.1 Å². The van der Waals surface area contributed by atoms with Gasteiger partial charge in [-0.2, -0.15) is 0 Å². The first-order chi connectivity index (χ1) is 8.50. The van der Waals surface area contributed by atoms with E-state index in [9.17, 15) is 0 Å². The molecule has 4 heteroatoms. The van der Waals surface area contributed by atoms with E-state index >= 15 is 0 Å². The molecule has 3 nitrogen and oxygen atoms in total. The van der Waals surface area contributed by atoms with Gasteiger partial charge in [0.1, 0.15) is 17.3 Å². The molecule has 0 radical (unpaired) electrons. The Morgan fingerprint density at radius 1 is 1.33 bits per heavy atom. The number of ether oxygens (including phenoxy) is 1. The first kappa shape index (κ1) is 14.9. The van der Waals surface area contributed by atoms with Gasteiger partial charge in [0, 0.05) is 13.1 Å². The van der Waals surface area contributed by atoms with Crippen molar-refractivity contribution >= 4 is 17.2 Å². The van der Waals surface area contributed by atoms with Gasteiger partial charge in [-0.05, 0) is 45.1 Å². The van der Waals surface area contributed by atoms with Crippen LogP contribution in [0.5, 0.6) is 5.75 Å². The van der Waals surface area contributed by atoms with Gasteiger partial charge >= 0.3 is 0 Å². The van der Waals surface area contributed by atoms with Crippen LogP contribution < -0.4 is 10.1 Å². The summed E-state index contributed by atoms with van der Waals surface area (Å²) in [6, 6.07) is 6.06. The summed E-state index contributed by atoms with van der Waals surface area (Å²) in [4.78, 5) is 2.86. The molecule has 0 amide bonds. The molecule has 1 aromatic rings. The van der Waals surface area contributed by atoms with Gasteiger partial charge in [0.25, 0.3) is 0 Å². The van der Waals surface area contributed by atoms with E-state index in [2.05, 4.69) is 30.1 Å². The van der Waals surface area contributed by atoms with E-state index < -0.39 is 0 Å². The molecule has 0 saturated heterocycles. The van der Waals surface area contributed by atoms with Crippen LogP contribution >= 0.6 is 12.2 Å². The number of rotatable bonds is 6. The Labute approximate surface area is 115 Å². The summed E-state index contributed by atoms with van der Waals surface area (Å²) in [6.45, 7) is 6.39. The fraction of sp³-hybridized carbons (Fsp3) is 0.500. The average molecular weight is 266 g/mol. The number of aryl methyl sites for hydroxylation is 1. The first-order valence-electron chi connectivity index (χ1n) is 6.11. The zero-order valence-electron chi connectivity index (χ0n) is 11.6. The van der Waals surface area contributed by atoms with Crippen molar-refractivity contribution in [3.05, 3.63) is 29.3 Å². The molecule has 100 valence electrons. The van der Waals surface area contributed by atoms with E-state index in [0.717, 1.165) is 23.8 Å². The van der Waals surface area contributed by atoms with E-state index in [1.54, 1.807) is 0 Å². The maximum atomic E-state index is 5.72. The number of benzene rings is 1. The molecule has 0 aliphatic rings. The van der Waals surface area contributed by atoms with Crippen LogP contribution in [0.3, 0.4) is 0 Å². The summed E-state index contributed by atoms with van der Waals surface area (Å²) in [6.07, 6.45) is 0. The van der Waals surface area contributed by atoms with Gasteiger partial charge in [0.15, 0.2) is 0 Å². The lowest BCUT2D eigenvalue weighted by molar-refractivity contribution is 0.368. The molecule has 18 heavy (non-hydrogen) atoms.